The molecule has 1 aliphatic rings. The average Bonchev–Trinajstić information content (AvgIpc) is 3.08. The number of rotatable bonds is 4. The van der Waals surface area contributed by atoms with Crippen molar-refractivity contribution in [3.8, 4) is 6.07 Å². The van der Waals surface area contributed by atoms with E-state index in [2.05, 4.69) is 11.4 Å². The summed E-state index contributed by atoms with van der Waals surface area (Å²) in [6.45, 7) is 0. The van der Waals surface area contributed by atoms with E-state index in [0.29, 0.717) is 18.4 Å². The minimum absolute atomic E-state index is 0.0420. The fourth-order valence-electron chi connectivity index (χ4n) is 2.68. The predicted octanol–water partition coefficient (Wildman–Crippen LogP) is 4.78. The maximum Gasteiger partial charge on any atom is 0.225 e. The molecule has 0 saturated carbocycles. The van der Waals surface area contributed by atoms with E-state index in [1.54, 1.807) is 11.3 Å². The molecule has 0 atom stereocenters. The lowest BCUT2D eigenvalue weighted by molar-refractivity contribution is -0.116. The highest BCUT2D eigenvalue weighted by molar-refractivity contribution is 7.17. The van der Waals surface area contributed by atoms with Gasteiger partial charge < -0.3 is 5.32 Å². The molecule has 1 N–H and O–H groups in total. The van der Waals surface area contributed by atoms with Crippen molar-refractivity contribution >= 4 is 45.2 Å². The summed E-state index contributed by atoms with van der Waals surface area (Å²) in [6.07, 6.45) is 5.37. The zero-order chi connectivity index (χ0) is 15.5. The van der Waals surface area contributed by atoms with Crippen LogP contribution in [0.4, 0.5) is 5.00 Å². The highest BCUT2D eigenvalue weighted by Crippen LogP contribution is 2.37. The van der Waals surface area contributed by atoms with Crippen LogP contribution < -0.4 is 5.32 Å². The van der Waals surface area contributed by atoms with E-state index in [1.165, 1.54) is 22.6 Å². The molecule has 22 heavy (non-hydrogen) atoms. The third-order valence-corrected chi connectivity index (χ3v) is 6.26. The van der Waals surface area contributed by atoms with Crippen molar-refractivity contribution in [2.24, 2.45) is 0 Å². The highest BCUT2D eigenvalue weighted by Gasteiger charge is 2.21. The summed E-state index contributed by atoms with van der Waals surface area (Å²) in [4.78, 5) is 14.5. The fraction of sp³-hybridized carbons (Fsp3) is 0.375. The van der Waals surface area contributed by atoms with Gasteiger partial charge in [0.15, 0.2) is 0 Å². The minimum Gasteiger partial charge on any atom is -0.317 e. The van der Waals surface area contributed by atoms with Gasteiger partial charge in [0, 0.05) is 16.2 Å². The second-order valence-corrected chi connectivity index (χ2v) is 8.19. The van der Waals surface area contributed by atoms with Crippen molar-refractivity contribution < 1.29 is 4.79 Å². The van der Waals surface area contributed by atoms with Gasteiger partial charge in [0.1, 0.15) is 11.1 Å². The molecule has 2 heterocycles. The summed E-state index contributed by atoms with van der Waals surface area (Å²) in [5.74, 6) is -0.0420. The van der Waals surface area contributed by atoms with Crippen molar-refractivity contribution in [3.63, 3.8) is 0 Å². The smallest absolute Gasteiger partial charge is 0.225 e. The molecule has 0 bridgehead atoms. The van der Waals surface area contributed by atoms with Crippen molar-refractivity contribution in [1.29, 1.82) is 5.26 Å². The Hall–Kier alpha value is -1.35. The van der Waals surface area contributed by atoms with Gasteiger partial charge in [-0.2, -0.15) is 5.26 Å². The Morgan fingerprint density at radius 2 is 2.14 bits per heavy atom. The molecule has 2 aromatic heterocycles. The van der Waals surface area contributed by atoms with E-state index in [4.69, 9.17) is 11.6 Å². The topological polar surface area (TPSA) is 52.9 Å². The first-order valence-corrected chi connectivity index (χ1v) is 9.27. The van der Waals surface area contributed by atoms with Crippen molar-refractivity contribution in [2.75, 3.05) is 5.32 Å². The van der Waals surface area contributed by atoms with E-state index in [9.17, 15) is 10.1 Å². The molecule has 3 rings (SSSR count). The van der Waals surface area contributed by atoms with Crippen LogP contribution in [0.5, 0.6) is 0 Å². The van der Waals surface area contributed by atoms with Crippen LogP contribution in [0.15, 0.2) is 12.1 Å². The number of amides is 1. The molecule has 1 aliphatic carbocycles. The van der Waals surface area contributed by atoms with Gasteiger partial charge in [0.25, 0.3) is 0 Å². The molecule has 0 fully saturated rings. The molecular weight excluding hydrogens is 336 g/mol. The fourth-order valence-corrected chi connectivity index (χ4v) is 5.03. The number of fused-ring (bicyclic) bond motifs is 1. The molecule has 6 heteroatoms. The van der Waals surface area contributed by atoms with E-state index < -0.39 is 0 Å². The number of thiophene rings is 2. The summed E-state index contributed by atoms with van der Waals surface area (Å²) in [5.41, 5.74) is 1.83. The number of nitrogens with one attached hydrogen (secondary N) is 1. The quantitative estimate of drug-likeness (QED) is 0.862. The first-order chi connectivity index (χ1) is 10.7. The molecule has 2 aromatic rings. The van der Waals surface area contributed by atoms with Crippen molar-refractivity contribution in [2.45, 2.75) is 38.5 Å². The molecule has 1 amide bonds. The number of nitrogens with zero attached hydrogens (tertiary/aromatic N) is 1. The third kappa shape index (κ3) is 3.35. The third-order valence-electron chi connectivity index (χ3n) is 3.76. The molecule has 0 unspecified atom stereocenters. The summed E-state index contributed by atoms with van der Waals surface area (Å²) in [6, 6.07) is 6.06. The zero-order valence-electron chi connectivity index (χ0n) is 11.9. The van der Waals surface area contributed by atoms with Gasteiger partial charge in [0.05, 0.1) is 9.90 Å². The number of anilines is 1. The van der Waals surface area contributed by atoms with E-state index in [0.717, 1.165) is 39.0 Å². The summed E-state index contributed by atoms with van der Waals surface area (Å²) in [7, 11) is 0. The van der Waals surface area contributed by atoms with Gasteiger partial charge >= 0.3 is 0 Å². The van der Waals surface area contributed by atoms with Gasteiger partial charge in [-0.3, -0.25) is 4.79 Å². The van der Waals surface area contributed by atoms with Gasteiger partial charge in [-0.15, -0.1) is 22.7 Å². The standard InChI is InChI=1S/C16H15ClN2OS2/c17-14-7-5-10(21-14)6-8-15(20)19-16-12(9-18)11-3-1-2-4-13(11)22-16/h5,7H,1-4,6,8H2,(H,19,20). The van der Waals surface area contributed by atoms with Crippen molar-refractivity contribution in [1.82, 2.24) is 0 Å². The van der Waals surface area contributed by atoms with Gasteiger partial charge in [-0.1, -0.05) is 11.6 Å². The number of nitriles is 1. The number of carbonyl (C=O) groups excluding carboxylic acids is 1. The Balaban J connectivity index is 1.66. The molecular formula is C16H15ClN2OS2. The van der Waals surface area contributed by atoms with E-state index >= 15 is 0 Å². The maximum absolute atomic E-state index is 12.1. The van der Waals surface area contributed by atoms with Crippen LogP contribution >= 0.6 is 34.3 Å². The van der Waals surface area contributed by atoms with Crippen molar-refractivity contribution in [3.05, 3.63) is 37.4 Å². The van der Waals surface area contributed by atoms with Crippen LogP contribution in [0.3, 0.4) is 0 Å². The largest absolute Gasteiger partial charge is 0.317 e. The Bertz CT molecular complexity index is 742. The van der Waals surface area contributed by atoms with Crippen LogP contribution in [0.2, 0.25) is 4.34 Å². The lowest BCUT2D eigenvalue weighted by atomic mass is 9.96. The van der Waals surface area contributed by atoms with Crippen LogP contribution in [-0.2, 0) is 24.1 Å². The zero-order valence-corrected chi connectivity index (χ0v) is 14.3. The first-order valence-electron chi connectivity index (χ1n) is 7.26. The lowest BCUT2D eigenvalue weighted by Crippen LogP contribution is -2.12. The number of hydrogen-bond acceptors (Lipinski definition) is 4. The first kappa shape index (κ1) is 15.5. The van der Waals surface area contributed by atoms with Gasteiger partial charge in [-0.05, 0) is 49.8 Å². The number of halogens is 1. The molecule has 0 aliphatic heterocycles. The number of aryl methyl sites for hydroxylation is 2. The number of carbonyl (C=O) groups is 1. The molecule has 0 radical (unpaired) electrons. The molecule has 3 nitrogen and oxygen atoms in total. The molecule has 0 saturated heterocycles. The van der Waals surface area contributed by atoms with Gasteiger partial charge in [-0.25, -0.2) is 0 Å². The molecule has 0 spiro atoms. The molecule has 114 valence electrons. The number of hydrogen-bond donors (Lipinski definition) is 1. The summed E-state index contributed by atoms with van der Waals surface area (Å²) < 4.78 is 0.744. The predicted molar refractivity (Wildman–Crippen MR) is 92.0 cm³/mol. The van der Waals surface area contributed by atoms with Crippen LogP contribution in [0, 0.1) is 11.3 Å². The average molecular weight is 351 g/mol. The second kappa shape index (κ2) is 6.82. The van der Waals surface area contributed by atoms with E-state index in [-0.39, 0.29) is 5.91 Å². The van der Waals surface area contributed by atoms with Crippen LogP contribution in [0.25, 0.3) is 0 Å². The Labute approximate surface area is 142 Å². The summed E-state index contributed by atoms with van der Waals surface area (Å²) in [5, 5.41) is 13.0. The highest BCUT2D eigenvalue weighted by atomic mass is 35.5. The Morgan fingerprint density at radius 3 is 2.86 bits per heavy atom. The second-order valence-electron chi connectivity index (χ2n) is 5.28. The van der Waals surface area contributed by atoms with E-state index in [1.807, 2.05) is 12.1 Å². The SMILES string of the molecule is N#Cc1c(NC(=O)CCc2ccc(Cl)s2)sc2c1CCCC2. The summed E-state index contributed by atoms with van der Waals surface area (Å²) >= 11 is 8.96. The molecule has 0 aromatic carbocycles. The maximum atomic E-state index is 12.1. The van der Waals surface area contributed by atoms with Gasteiger partial charge in [0.2, 0.25) is 5.91 Å². The normalized spacial score (nSPS) is 13.5. The lowest BCUT2D eigenvalue weighted by Gasteiger charge is -2.09. The Kier molecular flexibility index (Phi) is 4.82. The van der Waals surface area contributed by atoms with Crippen LogP contribution in [-0.4, -0.2) is 5.91 Å². The van der Waals surface area contributed by atoms with Crippen LogP contribution in [0.1, 0.15) is 40.1 Å². The Morgan fingerprint density at radius 1 is 1.32 bits per heavy atom. The monoisotopic (exact) mass is 350 g/mol. The minimum atomic E-state index is -0.0420.